The molecular formula is C17H21N3O4S. The Kier molecular flexibility index (Phi) is 6.58. The number of hydrogen-bond donors (Lipinski definition) is 1. The van der Waals surface area contributed by atoms with Gasteiger partial charge in [0.15, 0.2) is 0 Å². The first-order chi connectivity index (χ1) is 12.0. The highest BCUT2D eigenvalue weighted by atomic mass is 32.1. The summed E-state index contributed by atoms with van der Waals surface area (Å²) in [5.41, 5.74) is 0.768. The number of ether oxygens (including phenoxy) is 1. The molecule has 0 saturated carbocycles. The Morgan fingerprint density at radius 3 is 2.88 bits per heavy atom. The molecule has 25 heavy (non-hydrogen) atoms. The van der Waals surface area contributed by atoms with Crippen LogP contribution in [-0.2, 0) is 19.1 Å². The summed E-state index contributed by atoms with van der Waals surface area (Å²) in [5.74, 6) is -1.28. The fourth-order valence-electron chi connectivity index (χ4n) is 2.54. The van der Waals surface area contributed by atoms with Crippen LogP contribution in [0, 0.1) is 5.92 Å². The molecule has 0 radical (unpaired) electrons. The molecule has 1 aliphatic heterocycles. The minimum Gasteiger partial charge on any atom is -0.465 e. The number of carbonyl (C=O) groups is 3. The molecule has 1 heterocycles. The van der Waals surface area contributed by atoms with E-state index in [2.05, 4.69) is 15.0 Å². The van der Waals surface area contributed by atoms with Crippen molar-refractivity contribution >= 4 is 40.8 Å². The molecule has 0 spiro atoms. The lowest BCUT2D eigenvalue weighted by molar-refractivity contribution is -0.135. The van der Waals surface area contributed by atoms with E-state index in [0.29, 0.717) is 37.2 Å². The van der Waals surface area contributed by atoms with Gasteiger partial charge in [-0.3, -0.25) is 14.5 Å². The summed E-state index contributed by atoms with van der Waals surface area (Å²) in [5, 5.41) is 2.95. The summed E-state index contributed by atoms with van der Waals surface area (Å²) in [7, 11) is 1.29. The molecule has 134 valence electrons. The number of esters is 1. The number of thiocarbonyl (C=S) groups is 1. The molecule has 2 amide bonds. The van der Waals surface area contributed by atoms with Gasteiger partial charge in [0.05, 0.1) is 24.3 Å². The number of amides is 2. The Morgan fingerprint density at radius 1 is 1.44 bits per heavy atom. The van der Waals surface area contributed by atoms with Gasteiger partial charge in [0.2, 0.25) is 16.9 Å². The van der Waals surface area contributed by atoms with Gasteiger partial charge < -0.3 is 10.1 Å². The van der Waals surface area contributed by atoms with Crippen LogP contribution in [0.1, 0.15) is 26.2 Å². The zero-order chi connectivity index (χ0) is 18.4. The van der Waals surface area contributed by atoms with E-state index >= 15 is 0 Å². The van der Waals surface area contributed by atoms with Crippen molar-refractivity contribution in [3.05, 3.63) is 23.8 Å². The maximum absolute atomic E-state index is 12.6. The fraction of sp³-hybridized carbons (Fsp3) is 0.471. The van der Waals surface area contributed by atoms with Gasteiger partial charge >= 0.3 is 5.97 Å². The molecule has 0 saturated heterocycles. The monoisotopic (exact) mass is 363 g/mol. The molecule has 0 fully saturated rings. The third-order valence-electron chi connectivity index (χ3n) is 3.86. The third-order valence-corrected chi connectivity index (χ3v) is 4.17. The first-order valence-electron chi connectivity index (χ1n) is 8.16. The minimum atomic E-state index is -0.561. The number of fused-ring (bicyclic) bond motifs is 1. The van der Waals surface area contributed by atoms with Gasteiger partial charge in [0.1, 0.15) is 0 Å². The van der Waals surface area contributed by atoms with Gasteiger partial charge in [0, 0.05) is 19.5 Å². The highest BCUT2D eigenvalue weighted by Gasteiger charge is 2.35. The van der Waals surface area contributed by atoms with E-state index in [-0.39, 0.29) is 16.9 Å². The van der Waals surface area contributed by atoms with E-state index < -0.39 is 11.9 Å². The lowest BCUT2D eigenvalue weighted by atomic mass is 9.92. The predicted molar refractivity (Wildman–Crippen MR) is 97.0 cm³/mol. The summed E-state index contributed by atoms with van der Waals surface area (Å²) >= 11 is 5.20. The van der Waals surface area contributed by atoms with E-state index in [1.54, 1.807) is 12.2 Å². The molecular weight excluding hydrogens is 342 g/mol. The zero-order valence-electron chi connectivity index (χ0n) is 14.3. The predicted octanol–water partition coefficient (Wildman–Crippen LogP) is 1.15. The average Bonchev–Trinajstić information content (AvgIpc) is 2.61. The standard InChI is InChI=1S/C17H21N3O4S/c1-3-8-18-14(21)5-4-9-20-15(22)12-7-6-11(16(23)24-2)10-13(12)19-17(20)25/h6-7,10,12H,3-5,8-9H2,1-2H3,(H,18,21). The summed E-state index contributed by atoms with van der Waals surface area (Å²) in [4.78, 5) is 41.5. The lowest BCUT2D eigenvalue weighted by Gasteiger charge is -2.30. The van der Waals surface area contributed by atoms with Crippen molar-refractivity contribution in [2.45, 2.75) is 26.2 Å². The molecule has 1 aliphatic carbocycles. The number of methoxy groups -OCH3 is 1. The van der Waals surface area contributed by atoms with Crippen LogP contribution < -0.4 is 5.32 Å². The summed E-state index contributed by atoms with van der Waals surface area (Å²) in [6.07, 6.45) is 6.42. The topological polar surface area (TPSA) is 88.1 Å². The van der Waals surface area contributed by atoms with E-state index in [9.17, 15) is 14.4 Å². The van der Waals surface area contributed by atoms with Crippen molar-refractivity contribution in [3.8, 4) is 0 Å². The number of aliphatic imine (C=N–C) groups is 1. The van der Waals surface area contributed by atoms with Crippen molar-refractivity contribution in [1.82, 2.24) is 10.2 Å². The van der Waals surface area contributed by atoms with Crippen molar-refractivity contribution in [2.24, 2.45) is 10.9 Å². The first kappa shape index (κ1) is 19.0. The SMILES string of the molecule is CCCNC(=O)CCCN1C(=O)C2C=CC(C(=O)OC)=CC2=NC1=S. The lowest BCUT2D eigenvalue weighted by Crippen LogP contribution is -2.46. The Morgan fingerprint density at radius 2 is 2.20 bits per heavy atom. The molecule has 0 aromatic heterocycles. The van der Waals surface area contributed by atoms with Crippen molar-refractivity contribution in [1.29, 1.82) is 0 Å². The Bertz CT molecular complexity index is 681. The number of nitrogens with zero attached hydrogens (tertiary/aromatic N) is 2. The number of carbonyl (C=O) groups excluding carboxylic acids is 3. The second kappa shape index (κ2) is 8.66. The minimum absolute atomic E-state index is 0.0374. The van der Waals surface area contributed by atoms with Gasteiger partial charge in [-0.05, 0) is 31.1 Å². The molecule has 0 bridgehead atoms. The average molecular weight is 363 g/mol. The number of hydrogen-bond acceptors (Lipinski definition) is 5. The van der Waals surface area contributed by atoms with Gasteiger partial charge in [-0.1, -0.05) is 19.1 Å². The van der Waals surface area contributed by atoms with Crippen LogP contribution in [0.2, 0.25) is 0 Å². The molecule has 7 nitrogen and oxygen atoms in total. The molecule has 0 aromatic carbocycles. The smallest absolute Gasteiger partial charge is 0.337 e. The molecule has 1 N–H and O–H groups in total. The molecule has 8 heteroatoms. The van der Waals surface area contributed by atoms with E-state index in [0.717, 1.165) is 6.42 Å². The van der Waals surface area contributed by atoms with Gasteiger partial charge in [-0.2, -0.15) is 0 Å². The molecule has 0 aromatic rings. The fourth-order valence-corrected chi connectivity index (χ4v) is 2.83. The normalized spacial score (nSPS) is 19.1. The van der Waals surface area contributed by atoms with Crippen LogP contribution in [0.25, 0.3) is 0 Å². The quantitative estimate of drug-likeness (QED) is 0.541. The number of rotatable bonds is 7. The molecule has 2 rings (SSSR count). The maximum atomic E-state index is 12.6. The largest absolute Gasteiger partial charge is 0.465 e. The van der Waals surface area contributed by atoms with E-state index in [4.69, 9.17) is 12.2 Å². The number of allylic oxidation sites excluding steroid dienone is 1. The zero-order valence-corrected chi connectivity index (χ0v) is 15.1. The highest BCUT2D eigenvalue weighted by Crippen LogP contribution is 2.23. The second-order valence-electron chi connectivity index (χ2n) is 5.69. The van der Waals surface area contributed by atoms with Crippen LogP contribution in [-0.4, -0.2) is 53.7 Å². The molecule has 2 aliphatic rings. The maximum Gasteiger partial charge on any atom is 0.337 e. The van der Waals surface area contributed by atoms with Crippen LogP contribution in [0.3, 0.4) is 0 Å². The highest BCUT2D eigenvalue weighted by molar-refractivity contribution is 7.80. The van der Waals surface area contributed by atoms with Crippen molar-refractivity contribution in [3.63, 3.8) is 0 Å². The molecule has 1 atom stereocenters. The summed E-state index contributed by atoms with van der Waals surface area (Å²) < 4.78 is 4.67. The van der Waals surface area contributed by atoms with Gasteiger partial charge in [-0.25, -0.2) is 9.79 Å². The van der Waals surface area contributed by atoms with E-state index in [1.807, 2.05) is 6.92 Å². The summed E-state index contributed by atoms with van der Waals surface area (Å²) in [6, 6.07) is 0. The second-order valence-corrected chi connectivity index (χ2v) is 6.06. The Hall–Kier alpha value is -2.35. The third kappa shape index (κ3) is 4.60. The van der Waals surface area contributed by atoms with Crippen molar-refractivity contribution < 1.29 is 19.1 Å². The van der Waals surface area contributed by atoms with Crippen LogP contribution in [0.5, 0.6) is 0 Å². The van der Waals surface area contributed by atoms with E-state index in [1.165, 1.54) is 18.1 Å². The van der Waals surface area contributed by atoms with Gasteiger partial charge in [0.25, 0.3) is 0 Å². The van der Waals surface area contributed by atoms with Crippen LogP contribution >= 0.6 is 12.2 Å². The summed E-state index contributed by atoms with van der Waals surface area (Å²) in [6.45, 7) is 2.97. The van der Waals surface area contributed by atoms with Gasteiger partial charge in [-0.15, -0.1) is 0 Å². The van der Waals surface area contributed by atoms with Crippen LogP contribution in [0.15, 0.2) is 28.8 Å². The van der Waals surface area contributed by atoms with Crippen molar-refractivity contribution in [2.75, 3.05) is 20.2 Å². The Labute approximate surface area is 151 Å². The number of nitrogens with one attached hydrogen (secondary N) is 1. The first-order valence-corrected chi connectivity index (χ1v) is 8.57. The molecule has 1 unspecified atom stereocenters. The van der Waals surface area contributed by atoms with Crippen LogP contribution in [0.4, 0.5) is 0 Å². The Balaban J connectivity index is 2.00.